The molecular formula is C12H10Cl2N4. The van der Waals surface area contributed by atoms with Gasteiger partial charge in [0.1, 0.15) is 12.1 Å². The summed E-state index contributed by atoms with van der Waals surface area (Å²) in [5, 5.41) is 3.85. The van der Waals surface area contributed by atoms with Crippen LogP contribution in [-0.2, 0) is 0 Å². The van der Waals surface area contributed by atoms with Crippen molar-refractivity contribution >= 4 is 46.1 Å². The maximum absolute atomic E-state index is 6.01. The molecule has 1 unspecified atom stereocenters. The van der Waals surface area contributed by atoms with E-state index in [1.807, 2.05) is 30.3 Å². The van der Waals surface area contributed by atoms with Crippen LogP contribution >= 0.6 is 23.2 Å². The summed E-state index contributed by atoms with van der Waals surface area (Å²) in [7, 11) is 0. The number of hydrogen-bond acceptors (Lipinski definition) is 3. The minimum Gasteiger partial charge on any atom is -0.277 e. The van der Waals surface area contributed by atoms with Gasteiger partial charge in [-0.05, 0) is 18.2 Å². The number of hydrogen-bond donors (Lipinski definition) is 1. The van der Waals surface area contributed by atoms with Gasteiger partial charge < -0.3 is 0 Å². The van der Waals surface area contributed by atoms with E-state index < -0.39 is 0 Å². The van der Waals surface area contributed by atoms with Crippen molar-refractivity contribution < 1.29 is 0 Å². The van der Waals surface area contributed by atoms with Crippen molar-refractivity contribution in [1.82, 2.24) is 0 Å². The quantitative estimate of drug-likeness (QED) is 0.393. The van der Waals surface area contributed by atoms with E-state index in [4.69, 9.17) is 23.2 Å². The van der Waals surface area contributed by atoms with Gasteiger partial charge in [0, 0.05) is 6.20 Å². The highest BCUT2D eigenvalue weighted by Gasteiger charge is 2.16. The summed E-state index contributed by atoms with van der Waals surface area (Å²) >= 11 is 11.9. The highest BCUT2D eigenvalue weighted by molar-refractivity contribution is 6.86. The lowest BCUT2D eigenvalue weighted by Crippen LogP contribution is -2.21. The number of anilines is 1. The summed E-state index contributed by atoms with van der Waals surface area (Å²) < 4.78 is 0. The van der Waals surface area contributed by atoms with E-state index in [0.717, 1.165) is 5.69 Å². The van der Waals surface area contributed by atoms with E-state index in [1.54, 1.807) is 12.3 Å². The fourth-order valence-electron chi connectivity index (χ4n) is 1.29. The van der Waals surface area contributed by atoms with Crippen molar-refractivity contribution in [2.75, 3.05) is 5.43 Å². The Balaban J connectivity index is 1.98. The minimum atomic E-state index is -0.377. The molecule has 1 aliphatic heterocycles. The molecule has 0 saturated carbocycles. The van der Waals surface area contributed by atoms with Crippen LogP contribution in [0.3, 0.4) is 0 Å². The van der Waals surface area contributed by atoms with Crippen molar-refractivity contribution in [3.8, 4) is 0 Å². The van der Waals surface area contributed by atoms with Crippen LogP contribution < -0.4 is 5.43 Å². The zero-order valence-corrected chi connectivity index (χ0v) is 10.8. The molecule has 0 aromatic heterocycles. The lowest BCUT2D eigenvalue weighted by atomic mass is 10.2. The first-order chi connectivity index (χ1) is 8.77. The first-order valence-electron chi connectivity index (χ1n) is 5.22. The Morgan fingerprint density at radius 2 is 2.06 bits per heavy atom. The number of allylic oxidation sites excluding steroid dienone is 1. The maximum Gasteiger partial charge on any atom is 0.152 e. The molecule has 1 atom stereocenters. The van der Waals surface area contributed by atoms with Gasteiger partial charge in [0.2, 0.25) is 0 Å². The van der Waals surface area contributed by atoms with E-state index in [-0.39, 0.29) is 10.5 Å². The Morgan fingerprint density at radius 3 is 2.78 bits per heavy atom. The van der Waals surface area contributed by atoms with Crippen LogP contribution in [0.1, 0.15) is 0 Å². The third-order valence-electron chi connectivity index (χ3n) is 2.14. The number of benzene rings is 1. The van der Waals surface area contributed by atoms with E-state index in [0.29, 0.717) is 5.71 Å². The highest BCUT2D eigenvalue weighted by atomic mass is 35.5. The Hall–Kier alpha value is -1.65. The third kappa shape index (κ3) is 3.42. The van der Waals surface area contributed by atoms with E-state index in [1.165, 1.54) is 6.34 Å². The number of rotatable bonds is 3. The molecule has 18 heavy (non-hydrogen) atoms. The topological polar surface area (TPSA) is 49.1 Å². The lowest BCUT2D eigenvalue weighted by molar-refractivity contribution is 1.33. The molecule has 0 spiro atoms. The molecule has 0 radical (unpaired) electrons. The Morgan fingerprint density at radius 1 is 1.28 bits per heavy atom. The van der Waals surface area contributed by atoms with Crippen molar-refractivity contribution in [1.29, 1.82) is 0 Å². The number of nitrogens with zero attached hydrogens (tertiary/aromatic N) is 3. The Bertz CT molecular complexity index is 520. The van der Waals surface area contributed by atoms with Gasteiger partial charge in [0.05, 0.1) is 11.1 Å². The van der Waals surface area contributed by atoms with Crippen LogP contribution in [-0.4, -0.2) is 22.6 Å². The second-order valence-electron chi connectivity index (χ2n) is 3.40. The predicted octanol–water partition coefficient (Wildman–Crippen LogP) is 3.25. The molecule has 0 saturated heterocycles. The number of nitrogens with one attached hydrogen (secondary N) is 1. The van der Waals surface area contributed by atoms with Gasteiger partial charge in [0.25, 0.3) is 0 Å². The SMILES string of the molecule is ClC1=NC=CC(Cl)C1=NC=NNc1ccccc1. The molecule has 1 aromatic carbocycles. The summed E-state index contributed by atoms with van der Waals surface area (Å²) in [6, 6.07) is 9.54. The summed E-state index contributed by atoms with van der Waals surface area (Å²) in [6.07, 6.45) is 4.61. The molecule has 1 aliphatic rings. The fourth-order valence-corrected chi connectivity index (χ4v) is 1.79. The molecule has 0 amide bonds. The Labute approximate surface area is 115 Å². The third-order valence-corrected chi connectivity index (χ3v) is 2.78. The van der Waals surface area contributed by atoms with Crippen molar-refractivity contribution in [3.63, 3.8) is 0 Å². The number of hydrazone groups is 1. The van der Waals surface area contributed by atoms with E-state index in [9.17, 15) is 0 Å². The molecule has 0 aliphatic carbocycles. The lowest BCUT2D eigenvalue weighted by Gasteiger charge is -2.08. The summed E-state index contributed by atoms with van der Waals surface area (Å²) in [5.41, 5.74) is 4.19. The number of aliphatic imine (C=N–C) groups is 2. The van der Waals surface area contributed by atoms with Gasteiger partial charge in [0.15, 0.2) is 5.17 Å². The minimum absolute atomic E-state index is 0.281. The van der Waals surface area contributed by atoms with Crippen molar-refractivity contribution in [3.05, 3.63) is 42.6 Å². The van der Waals surface area contributed by atoms with E-state index in [2.05, 4.69) is 20.5 Å². The number of para-hydroxylation sites is 1. The normalized spacial score (nSPS) is 21.3. The first-order valence-corrected chi connectivity index (χ1v) is 6.03. The van der Waals surface area contributed by atoms with Gasteiger partial charge in [-0.25, -0.2) is 9.98 Å². The van der Waals surface area contributed by atoms with Gasteiger partial charge in [-0.3, -0.25) is 5.43 Å². The highest BCUT2D eigenvalue weighted by Crippen LogP contribution is 2.11. The number of halogens is 2. The molecule has 1 heterocycles. The average molecular weight is 281 g/mol. The molecule has 0 fully saturated rings. The first kappa shape index (κ1) is 12.8. The van der Waals surface area contributed by atoms with Crippen molar-refractivity contribution in [2.45, 2.75) is 5.38 Å². The molecule has 92 valence electrons. The van der Waals surface area contributed by atoms with E-state index >= 15 is 0 Å². The number of alkyl halides is 1. The van der Waals surface area contributed by atoms with Crippen LogP contribution in [0, 0.1) is 0 Å². The van der Waals surface area contributed by atoms with Crippen LogP contribution in [0.2, 0.25) is 0 Å². The molecule has 0 bridgehead atoms. The molecule has 4 nitrogen and oxygen atoms in total. The van der Waals surface area contributed by atoms with Gasteiger partial charge in [-0.15, -0.1) is 11.6 Å². The second-order valence-corrected chi connectivity index (χ2v) is 4.23. The summed E-state index contributed by atoms with van der Waals surface area (Å²) in [5.74, 6) is 0. The van der Waals surface area contributed by atoms with Gasteiger partial charge >= 0.3 is 0 Å². The van der Waals surface area contributed by atoms with Gasteiger partial charge in [-0.2, -0.15) is 5.10 Å². The summed E-state index contributed by atoms with van der Waals surface area (Å²) in [6.45, 7) is 0. The zero-order chi connectivity index (χ0) is 12.8. The Kier molecular flexibility index (Phi) is 4.50. The molecule has 6 heteroatoms. The molecule has 2 rings (SSSR count). The van der Waals surface area contributed by atoms with Gasteiger partial charge in [-0.1, -0.05) is 29.8 Å². The molecular weight excluding hydrogens is 271 g/mol. The zero-order valence-electron chi connectivity index (χ0n) is 9.29. The average Bonchev–Trinajstić information content (AvgIpc) is 2.38. The monoisotopic (exact) mass is 280 g/mol. The van der Waals surface area contributed by atoms with Crippen LogP contribution in [0.5, 0.6) is 0 Å². The summed E-state index contributed by atoms with van der Waals surface area (Å²) in [4.78, 5) is 7.98. The predicted molar refractivity (Wildman–Crippen MR) is 78.1 cm³/mol. The van der Waals surface area contributed by atoms with Crippen molar-refractivity contribution in [2.24, 2.45) is 15.1 Å². The van der Waals surface area contributed by atoms with Crippen LogP contribution in [0.15, 0.2) is 57.7 Å². The molecule has 1 aromatic rings. The largest absolute Gasteiger partial charge is 0.277 e. The smallest absolute Gasteiger partial charge is 0.152 e. The standard InChI is InChI=1S/C12H10Cl2N4/c13-10-6-7-15-12(14)11(10)16-8-17-18-9-4-2-1-3-5-9/h1-8,10,18H. The molecule has 1 N–H and O–H groups in total. The van der Waals surface area contributed by atoms with Crippen LogP contribution in [0.4, 0.5) is 5.69 Å². The fraction of sp³-hybridized carbons (Fsp3) is 0.0833. The maximum atomic E-state index is 6.01. The van der Waals surface area contributed by atoms with Crippen LogP contribution in [0.25, 0.3) is 0 Å². The second kappa shape index (κ2) is 6.33.